The second-order valence-corrected chi connectivity index (χ2v) is 5.72. The topological polar surface area (TPSA) is 48.1 Å². The predicted molar refractivity (Wildman–Crippen MR) is 73.9 cm³/mol. The molecule has 0 saturated heterocycles. The van der Waals surface area contributed by atoms with Crippen LogP contribution in [0.2, 0.25) is 0 Å². The van der Waals surface area contributed by atoms with Crippen molar-refractivity contribution < 1.29 is 4.74 Å². The van der Waals surface area contributed by atoms with E-state index in [4.69, 9.17) is 22.7 Å². The van der Waals surface area contributed by atoms with E-state index >= 15 is 0 Å². The van der Waals surface area contributed by atoms with Crippen molar-refractivity contribution >= 4 is 17.2 Å². The minimum absolute atomic E-state index is 0.308. The predicted octanol–water partition coefficient (Wildman–Crippen LogP) is 2.67. The zero-order valence-corrected chi connectivity index (χ0v) is 11.5. The fourth-order valence-corrected chi connectivity index (χ4v) is 1.38. The van der Waals surface area contributed by atoms with Crippen LogP contribution in [0, 0.1) is 5.41 Å². The lowest BCUT2D eigenvalue weighted by atomic mass is 9.93. The van der Waals surface area contributed by atoms with Crippen LogP contribution in [0.15, 0.2) is 18.3 Å². The largest absolute Gasteiger partial charge is 0.388 e. The lowest BCUT2D eigenvalue weighted by Gasteiger charge is -2.17. The Balaban J connectivity index is 2.42. The Labute approximate surface area is 108 Å². The Morgan fingerprint density at radius 3 is 2.76 bits per heavy atom. The van der Waals surface area contributed by atoms with Gasteiger partial charge in [0.05, 0.1) is 12.3 Å². The third-order valence-corrected chi connectivity index (χ3v) is 2.55. The van der Waals surface area contributed by atoms with Crippen LogP contribution in [0.1, 0.15) is 38.4 Å². The maximum absolute atomic E-state index is 5.62. The summed E-state index contributed by atoms with van der Waals surface area (Å²) in [6.07, 6.45) is 2.75. The zero-order valence-electron chi connectivity index (χ0n) is 10.7. The molecule has 0 aromatic carbocycles. The molecule has 0 bridgehead atoms. The monoisotopic (exact) mass is 252 g/mol. The number of hydrogen-bond acceptors (Lipinski definition) is 3. The van der Waals surface area contributed by atoms with Crippen LogP contribution >= 0.6 is 12.2 Å². The van der Waals surface area contributed by atoms with Crippen molar-refractivity contribution in [1.29, 1.82) is 0 Å². The highest BCUT2D eigenvalue weighted by Gasteiger charge is 2.09. The van der Waals surface area contributed by atoms with Crippen LogP contribution in [0.25, 0.3) is 0 Å². The van der Waals surface area contributed by atoms with Gasteiger partial charge in [-0.05, 0) is 29.5 Å². The van der Waals surface area contributed by atoms with Crippen LogP contribution in [-0.4, -0.2) is 16.6 Å². The summed E-state index contributed by atoms with van der Waals surface area (Å²) in [4.78, 5) is 4.41. The average molecular weight is 252 g/mol. The first-order chi connectivity index (χ1) is 7.88. The highest BCUT2D eigenvalue weighted by molar-refractivity contribution is 7.80. The molecule has 94 valence electrons. The molecule has 0 amide bonds. The Kier molecular flexibility index (Phi) is 5.02. The van der Waals surface area contributed by atoms with Crippen LogP contribution in [0.4, 0.5) is 0 Å². The molecule has 0 aliphatic rings. The lowest BCUT2D eigenvalue weighted by molar-refractivity contribution is 0.0962. The first kappa shape index (κ1) is 14.1. The van der Waals surface area contributed by atoms with E-state index in [2.05, 4.69) is 25.8 Å². The van der Waals surface area contributed by atoms with E-state index in [-0.39, 0.29) is 0 Å². The van der Waals surface area contributed by atoms with E-state index in [0.717, 1.165) is 18.6 Å². The lowest BCUT2D eigenvalue weighted by Crippen LogP contribution is -2.12. The minimum atomic E-state index is 0.308. The smallest absolute Gasteiger partial charge is 0.122 e. The third kappa shape index (κ3) is 5.75. The molecule has 1 rings (SSSR count). The fourth-order valence-electron chi connectivity index (χ4n) is 1.27. The minimum Gasteiger partial charge on any atom is -0.388 e. The van der Waals surface area contributed by atoms with Gasteiger partial charge >= 0.3 is 0 Å². The molecule has 4 heteroatoms. The van der Waals surface area contributed by atoms with Crippen LogP contribution < -0.4 is 5.73 Å². The molecule has 0 aliphatic heterocycles. The Hall–Kier alpha value is -1.00. The summed E-state index contributed by atoms with van der Waals surface area (Å²) in [6.45, 7) is 7.94. The summed E-state index contributed by atoms with van der Waals surface area (Å²) >= 11 is 4.88. The second kappa shape index (κ2) is 6.07. The summed E-state index contributed by atoms with van der Waals surface area (Å²) in [6, 6.07) is 3.79. The second-order valence-electron chi connectivity index (χ2n) is 5.28. The highest BCUT2D eigenvalue weighted by Crippen LogP contribution is 2.18. The fraction of sp³-hybridized carbons (Fsp3) is 0.538. The molecule has 3 nitrogen and oxygen atoms in total. The Morgan fingerprint density at radius 1 is 1.47 bits per heavy atom. The summed E-state index contributed by atoms with van der Waals surface area (Å²) in [5, 5.41) is 0. The quantitative estimate of drug-likeness (QED) is 0.646. The molecule has 0 fully saturated rings. The number of hydrogen-bond donors (Lipinski definition) is 1. The summed E-state index contributed by atoms with van der Waals surface area (Å²) in [5.41, 5.74) is 7.53. The van der Waals surface area contributed by atoms with Crippen molar-refractivity contribution in [3.63, 3.8) is 0 Å². The van der Waals surface area contributed by atoms with Crippen LogP contribution in [0.5, 0.6) is 0 Å². The van der Waals surface area contributed by atoms with Crippen LogP contribution in [0.3, 0.4) is 0 Å². The molecule has 1 heterocycles. The Morgan fingerprint density at radius 2 is 2.18 bits per heavy atom. The summed E-state index contributed by atoms with van der Waals surface area (Å²) in [5.74, 6) is 0. The molecule has 1 aromatic heterocycles. The van der Waals surface area contributed by atoms with Gasteiger partial charge in [0.2, 0.25) is 0 Å². The molecule has 0 atom stereocenters. The number of pyridine rings is 1. The SMILES string of the molecule is CC(C)(C)CCOCc1ccnc(C(N)=S)c1. The number of nitrogens with zero attached hydrogens (tertiary/aromatic N) is 1. The van der Waals surface area contributed by atoms with Crippen molar-refractivity contribution in [2.45, 2.75) is 33.8 Å². The van der Waals surface area contributed by atoms with E-state index in [0.29, 0.717) is 22.7 Å². The van der Waals surface area contributed by atoms with E-state index < -0.39 is 0 Å². The van der Waals surface area contributed by atoms with Gasteiger partial charge < -0.3 is 10.5 Å². The number of aromatic nitrogens is 1. The third-order valence-electron chi connectivity index (χ3n) is 2.34. The number of ether oxygens (including phenoxy) is 1. The maximum Gasteiger partial charge on any atom is 0.122 e. The molecule has 0 spiro atoms. The molecule has 0 radical (unpaired) electrons. The molecule has 1 aromatic rings. The number of rotatable bonds is 5. The van der Waals surface area contributed by atoms with Crippen molar-refractivity contribution in [2.24, 2.45) is 11.1 Å². The average Bonchev–Trinajstić information content (AvgIpc) is 2.23. The van der Waals surface area contributed by atoms with Gasteiger partial charge in [-0.3, -0.25) is 4.98 Å². The molecular weight excluding hydrogens is 232 g/mol. The highest BCUT2D eigenvalue weighted by atomic mass is 32.1. The van der Waals surface area contributed by atoms with Crippen molar-refractivity contribution in [1.82, 2.24) is 4.98 Å². The molecule has 0 unspecified atom stereocenters. The summed E-state index contributed by atoms with van der Waals surface area (Å²) in [7, 11) is 0. The summed E-state index contributed by atoms with van der Waals surface area (Å²) < 4.78 is 5.62. The van der Waals surface area contributed by atoms with Gasteiger partial charge in [-0.25, -0.2) is 0 Å². The molecule has 0 saturated carbocycles. The number of thiocarbonyl (C=S) groups is 1. The van der Waals surface area contributed by atoms with Crippen LogP contribution in [-0.2, 0) is 11.3 Å². The van der Waals surface area contributed by atoms with Gasteiger partial charge in [-0.15, -0.1) is 0 Å². The Bertz CT molecular complexity index is 385. The number of nitrogens with two attached hydrogens (primary N) is 1. The van der Waals surface area contributed by atoms with E-state index in [1.54, 1.807) is 6.20 Å². The molecule has 0 aliphatic carbocycles. The first-order valence-electron chi connectivity index (χ1n) is 5.71. The van der Waals surface area contributed by atoms with Gasteiger partial charge in [-0.2, -0.15) is 0 Å². The van der Waals surface area contributed by atoms with Gasteiger partial charge in [0.1, 0.15) is 4.99 Å². The molecular formula is C13H20N2OS. The van der Waals surface area contributed by atoms with Crippen molar-refractivity contribution in [3.8, 4) is 0 Å². The maximum atomic E-state index is 5.62. The van der Waals surface area contributed by atoms with Crippen molar-refractivity contribution in [3.05, 3.63) is 29.6 Å². The van der Waals surface area contributed by atoms with Gasteiger partial charge in [0.15, 0.2) is 0 Å². The normalized spacial score (nSPS) is 11.5. The molecule has 17 heavy (non-hydrogen) atoms. The van der Waals surface area contributed by atoms with Gasteiger partial charge in [0, 0.05) is 12.8 Å². The van der Waals surface area contributed by atoms with Crippen molar-refractivity contribution in [2.75, 3.05) is 6.61 Å². The van der Waals surface area contributed by atoms with E-state index in [1.165, 1.54) is 0 Å². The van der Waals surface area contributed by atoms with E-state index in [9.17, 15) is 0 Å². The van der Waals surface area contributed by atoms with Gasteiger partial charge in [0.25, 0.3) is 0 Å². The van der Waals surface area contributed by atoms with E-state index in [1.807, 2.05) is 12.1 Å². The van der Waals surface area contributed by atoms with Gasteiger partial charge in [-0.1, -0.05) is 33.0 Å². The zero-order chi connectivity index (χ0) is 12.9. The molecule has 2 N–H and O–H groups in total. The standard InChI is InChI=1S/C13H20N2OS/c1-13(2,3)5-7-16-9-10-4-6-15-11(8-10)12(14)17/h4,6,8H,5,7,9H2,1-3H3,(H2,14,17). The first-order valence-corrected chi connectivity index (χ1v) is 6.12.